The zero-order valence-electron chi connectivity index (χ0n) is 9.06. The molecule has 2 aromatic carbocycles. The summed E-state index contributed by atoms with van der Waals surface area (Å²) in [6.07, 6.45) is 0. The van der Waals surface area contributed by atoms with E-state index in [1.54, 1.807) is 17.8 Å². The summed E-state index contributed by atoms with van der Waals surface area (Å²) >= 11 is 7.41. The van der Waals surface area contributed by atoms with Crippen LogP contribution in [0.2, 0.25) is 5.02 Å². The number of rotatable bonds is 3. The minimum absolute atomic E-state index is 0.0129. The predicted octanol–water partition coefficient (Wildman–Crippen LogP) is 3.57. The third-order valence-electron chi connectivity index (χ3n) is 2.30. The van der Waals surface area contributed by atoms with Crippen molar-refractivity contribution in [3.63, 3.8) is 0 Å². The van der Waals surface area contributed by atoms with Crippen molar-refractivity contribution >= 4 is 29.1 Å². The molecular formula is C13H12ClNOS. The zero-order chi connectivity index (χ0) is 12.3. The first-order chi connectivity index (χ1) is 8.19. The Balaban J connectivity index is 2.26. The molecule has 2 aromatic rings. The molecule has 0 saturated carbocycles. The van der Waals surface area contributed by atoms with E-state index in [-0.39, 0.29) is 6.61 Å². The van der Waals surface area contributed by atoms with Gasteiger partial charge < -0.3 is 10.8 Å². The van der Waals surface area contributed by atoms with Crippen molar-refractivity contribution in [3.8, 4) is 0 Å². The lowest BCUT2D eigenvalue weighted by Gasteiger charge is -2.08. The Labute approximate surface area is 109 Å². The maximum atomic E-state index is 9.28. The van der Waals surface area contributed by atoms with Crippen LogP contribution in [0.5, 0.6) is 0 Å². The first-order valence-corrected chi connectivity index (χ1v) is 6.31. The number of nitrogens with two attached hydrogens (primary N) is 1. The first-order valence-electron chi connectivity index (χ1n) is 5.12. The molecule has 0 aliphatic heterocycles. The van der Waals surface area contributed by atoms with Crippen LogP contribution in [0.3, 0.4) is 0 Å². The molecule has 17 heavy (non-hydrogen) atoms. The van der Waals surface area contributed by atoms with Gasteiger partial charge in [-0.3, -0.25) is 0 Å². The molecule has 2 rings (SSSR count). The lowest BCUT2D eigenvalue weighted by Crippen LogP contribution is -1.91. The molecule has 0 spiro atoms. The van der Waals surface area contributed by atoms with Crippen LogP contribution in [0.1, 0.15) is 5.56 Å². The summed E-state index contributed by atoms with van der Waals surface area (Å²) in [6, 6.07) is 13.1. The average Bonchev–Trinajstić information content (AvgIpc) is 2.34. The Morgan fingerprint density at radius 2 is 1.82 bits per heavy atom. The van der Waals surface area contributed by atoms with Crippen LogP contribution in [-0.4, -0.2) is 5.11 Å². The first kappa shape index (κ1) is 12.3. The van der Waals surface area contributed by atoms with E-state index in [4.69, 9.17) is 17.3 Å². The summed E-state index contributed by atoms with van der Waals surface area (Å²) in [7, 11) is 0. The van der Waals surface area contributed by atoms with Gasteiger partial charge in [0.2, 0.25) is 0 Å². The molecule has 0 fully saturated rings. The van der Waals surface area contributed by atoms with Gasteiger partial charge >= 0.3 is 0 Å². The van der Waals surface area contributed by atoms with Gasteiger partial charge in [0.05, 0.1) is 6.61 Å². The normalized spacial score (nSPS) is 10.5. The molecule has 2 nitrogen and oxygen atoms in total. The second-order valence-corrected chi connectivity index (χ2v) is 5.13. The molecule has 4 heteroatoms. The van der Waals surface area contributed by atoms with Gasteiger partial charge in [-0.1, -0.05) is 23.4 Å². The van der Waals surface area contributed by atoms with Crippen LogP contribution >= 0.6 is 23.4 Å². The van der Waals surface area contributed by atoms with Gasteiger partial charge in [0, 0.05) is 20.5 Å². The van der Waals surface area contributed by atoms with Gasteiger partial charge in [-0.25, -0.2) is 0 Å². The standard InChI is InChI=1S/C13H12ClNOS/c14-10-1-4-12(5-2-10)17-13-6-3-11(15)7-9(13)8-16/h1-7,16H,8,15H2. The fourth-order valence-corrected chi connectivity index (χ4v) is 2.49. The van der Waals surface area contributed by atoms with E-state index in [1.165, 1.54) is 0 Å². The van der Waals surface area contributed by atoms with Gasteiger partial charge in [-0.2, -0.15) is 0 Å². The fraction of sp³-hybridized carbons (Fsp3) is 0.0769. The Morgan fingerprint density at radius 1 is 1.12 bits per heavy atom. The van der Waals surface area contributed by atoms with Gasteiger partial charge in [0.1, 0.15) is 0 Å². The molecular weight excluding hydrogens is 254 g/mol. The van der Waals surface area contributed by atoms with Gasteiger partial charge in [-0.15, -0.1) is 0 Å². The SMILES string of the molecule is Nc1ccc(Sc2ccc(Cl)cc2)c(CO)c1. The van der Waals surface area contributed by atoms with E-state index in [9.17, 15) is 5.11 Å². The maximum Gasteiger partial charge on any atom is 0.0693 e. The summed E-state index contributed by atoms with van der Waals surface area (Å²) in [5.41, 5.74) is 7.18. The van der Waals surface area contributed by atoms with Crippen molar-refractivity contribution in [2.75, 3.05) is 5.73 Å². The molecule has 0 radical (unpaired) electrons. The summed E-state index contributed by atoms with van der Waals surface area (Å²) in [5, 5.41) is 9.99. The fourth-order valence-electron chi connectivity index (χ4n) is 1.45. The molecule has 3 N–H and O–H groups in total. The smallest absolute Gasteiger partial charge is 0.0693 e. The van der Waals surface area contributed by atoms with Crippen molar-refractivity contribution in [2.24, 2.45) is 0 Å². The monoisotopic (exact) mass is 265 g/mol. The number of aliphatic hydroxyl groups excluding tert-OH is 1. The average molecular weight is 266 g/mol. The van der Waals surface area contributed by atoms with E-state index < -0.39 is 0 Å². The van der Waals surface area contributed by atoms with E-state index in [2.05, 4.69) is 0 Å². The van der Waals surface area contributed by atoms with Crippen LogP contribution in [0.25, 0.3) is 0 Å². The molecule has 0 bridgehead atoms. The molecule has 88 valence electrons. The lowest BCUT2D eigenvalue weighted by atomic mass is 10.2. The number of halogens is 1. The van der Waals surface area contributed by atoms with Gasteiger partial charge in [0.15, 0.2) is 0 Å². The topological polar surface area (TPSA) is 46.2 Å². The number of benzene rings is 2. The van der Waals surface area contributed by atoms with Crippen LogP contribution in [0, 0.1) is 0 Å². The third-order valence-corrected chi connectivity index (χ3v) is 3.67. The molecule has 0 heterocycles. The highest BCUT2D eigenvalue weighted by atomic mass is 35.5. The summed E-state index contributed by atoms with van der Waals surface area (Å²) < 4.78 is 0. The predicted molar refractivity (Wildman–Crippen MR) is 72.4 cm³/mol. The molecule has 0 aliphatic rings. The third kappa shape index (κ3) is 3.16. The summed E-state index contributed by atoms with van der Waals surface area (Å²) in [4.78, 5) is 2.08. The second kappa shape index (κ2) is 5.45. The van der Waals surface area contributed by atoms with Gasteiger partial charge in [0.25, 0.3) is 0 Å². The highest BCUT2D eigenvalue weighted by Crippen LogP contribution is 2.32. The summed E-state index contributed by atoms with van der Waals surface area (Å²) in [6.45, 7) is -0.0129. The largest absolute Gasteiger partial charge is 0.399 e. The van der Waals surface area contributed by atoms with Crippen molar-refractivity contribution in [1.29, 1.82) is 0 Å². The van der Waals surface area contributed by atoms with Crippen LogP contribution in [0.15, 0.2) is 52.3 Å². The Kier molecular flexibility index (Phi) is 3.94. The van der Waals surface area contributed by atoms with Crippen molar-refractivity contribution < 1.29 is 5.11 Å². The van der Waals surface area contributed by atoms with E-state index in [1.807, 2.05) is 36.4 Å². The number of hydrogen-bond acceptors (Lipinski definition) is 3. The van der Waals surface area contributed by atoms with E-state index >= 15 is 0 Å². The van der Waals surface area contributed by atoms with Crippen LogP contribution in [0.4, 0.5) is 5.69 Å². The molecule has 0 atom stereocenters. The molecule has 0 aliphatic carbocycles. The number of hydrogen-bond donors (Lipinski definition) is 2. The second-order valence-electron chi connectivity index (χ2n) is 3.58. The Hall–Kier alpha value is -1.16. The van der Waals surface area contributed by atoms with Crippen LogP contribution < -0.4 is 5.73 Å². The Bertz CT molecular complexity index is 513. The Morgan fingerprint density at radius 3 is 2.47 bits per heavy atom. The van der Waals surface area contributed by atoms with Gasteiger partial charge in [-0.05, 0) is 48.0 Å². The summed E-state index contributed by atoms with van der Waals surface area (Å²) in [5.74, 6) is 0. The molecule has 0 unspecified atom stereocenters. The highest BCUT2D eigenvalue weighted by Gasteiger charge is 2.04. The van der Waals surface area contributed by atoms with Crippen molar-refractivity contribution in [1.82, 2.24) is 0 Å². The zero-order valence-corrected chi connectivity index (χ0v) is 10.6. The van der Waals surface area contributed by atoms with Crippen molar-refractivity contribution in [3.05, 3.63) is 53.1 Å². The number of anilines is 1. The number of aliphatic hydroxyl groups is 1. The van der Waals surface area contributed by atoms with Crippen LogP contribution in [-0.2, 0) is 6.61 Å². The molecule has 0 saturated heterocycles. The minimum atomic E-state index is -0.0129. The number of nitrogen functional groups attached to an aromatic ring is 1. The van der Waals surface area contributed by atoms with E-state index in [0.29, 0.717) is 10.7 Å². The molecule has 0 amide bonds. The van der Waals surface area contributed by atoms with E-state index in [0.717, 1.165) is 15.4 Å². The quantitative estimate of drug-likeness (QED) is 0.834. The lowest BCUT2D eigenvalue weighted by molar-refractivity contribution is 0.279. The molecule has 0 aromatic heterocycles. The highest BCUT2D eigenvalue weighted by molar-refractivity contribution is 7.99. The maximum absolute atomic E-state index is 9.28. The van der Waals surface area contributed by atoms with Crippen molar-refractivity contribution in [2.45, 2.75) is 16.4 Å². The minimum Gasteiger partial charge on any atom is -0.399 e.